The van der Waals surface area contributed by atoms with Crippen LogP contribution < -0.4 is 69.0 Å². The Bertz CT molecular complexity index is 4240. The molecule has 16 rings (SSSR count). The Kier molecular flexibility index (Phi) is 51.6. The van der Waals surface area contributed by atoms with Gasteiger partial charge in [0, 0.05) is 12.4 Å². The van der Waals surface area contributed by atoms with Crippen molar-refractivity contribution in [2.75, 3.05) is 14.1 Å². The van der Waals surface area contributed by atoms with Crippen LogP contribution in [0.25, 0.3) is 43.1 Å². The minimum Gasteiger partial charge on any atom is -0.0622 e. The third-order valence-corrected chi connectivity index (χ3v) is 25.8. The minimum atomic E-state index is -0.519. The van der Waals surface area contributed by atoms with Crippen molar-refractivity contribution in [1.82, 2.24) is 0 Å². The third-order valence-electron chi connectivity index (χ3n) is 16.1. The molecule has 110 heavy (non-hydrogen) atoms. The van der Waals surface area contributed by atoms with Crippen molar-refractivity contribution in [3.63, 3.8) is 0 Å². The van der Waals surface area contributed by atoms with Crippen LogP contribution in [0.15, 0.2) is 413 Å². The molecule has 0 aliphatic carbocycles. The molecular weight excluding hydrogens is 1690 g/mol. The van der Waals surface area contributed by atoms with Crippen molar-refractivity contribution in [3.8, 4) is 0 Å². The number of hydrogen-bond acceptors (Lipinski definition) is 0. The molecule has 1 nitrogen and oxygen atoms in total. The van der Waals surface area contributed by atoms with Crippen LogP contribution in [0.4, 0.5) is 0 Å². The second-order valence-electron chi connectivity index (χ2n) is 22.8. The monoisotopic (exact) mass is 1790 g/mol. The number of fused-ring (bicyclic) bond motifs is 4. The maximum absolute atomic E-state index is 4.85. The molecule has 0 heterocycles. The van der Waals surface area contributed by atoms with Gasteiger partial charge in [0.2, 0.25) is 0 Å². The van der Waals surface area contributed by atoms with E-state index >= 15 is 0 Å². The van der Waals surface area contributed by atoms with Crippen molar-refractivity contribution in [2.24, 2.45) is 0 Å². The van der Waals surface area contributed by atoms with Gasteiger partial charge in [0.25, 0.3) is 0 Å². The van der Waals surface area contributed by atoms with Gasteiger partial charge in [0.1, 0.15) is 0 Å². The largest absolute Gasteiger partial charge is 0.0622 e. The molecule has 0 saturated carbocycles. The first kappa shape index (κ1) is 101. The summed E-state index contributed by atoms with van der Waals surface area (Å²) >= 11 is -0.691. The summed E-state index contributed by atoms with van der Waals surface area (Å²) in [6, 6.07) is 149. The quantitative estimate of drug-likeness (QED) is 0.0713. The zero-order chi connectivity index (χ0) is 70.1. The van der Waals surface area contributed by atoms with E-state index in [1.54, 1.807) is 0 Å². The Hall–Kier alpha value is -7.06. The maximum Gasteiger partial charge on any atom is -0.0134 e. The maximum atomic E-state index is 4.85. The molecule has 0 aliphatic heterocycles. The van der Waals surface area contributed by atoms with Gasteiger partial charge >= 0.3 is 69.1 Å². The smallest absolute Gasteiger partial charge is 0.0134 e. The molecule has 2 N–H and O–H groups in total. The van der Waals surface area contributed by atoms with E-state index in [1.807, 2.05) is 19.4 Å². The van der Waals surface area contributed by atoms with E-state index in [1.165, 1.54) is 107 Å². The van der Waals surface area contributed by atoms with Crippen LogP contribution in [0.2, 0.25) is 0 Å². The fraction of sp³-hybridized carbons (Fsp3) is 0.0204. The molecule has 12 heteroatoms. The van der Waals surface area contributed by atoms with E-state index in [0.29, 0.717) is 0 Å². The molecule has 0 bridgehead atoms. The molecule has 16 aromatic carbocycles. The molecule has 0 aliphatic rings. The summed E-state index contributed by atoms with van der Waals surface area (Å²) in [5.41, 5.74) is 0. The van der Waals surface area contributed by atoms with Crippen LogP contribution in [-0.4, -0.2) is 14.1 Å². The van der Waals surface area contributed by atoms with Gasteiger partial charge in [-0.15, -0.1) is 0 Å². The SMILES string of the molecule is C[NH2+]C.[CH3-].[CH3-].[CH3-].[CH3-].[CH3-].[CH3-].[CH3-].[CH3-].[Cl].[Cl][Ru][Cl].[Cl][Ru][Cl].c1ccc(P(c2ccccc2)c2ccc3ccccc3c2)cc1.c1ccc(P(c2ccccc2)c2ccc3ccccc3c2)cc1.c1ccc(P(c2ccccc2)c2ccc3ccccc3c2)cc1.c1ccc(P(c2ccccc2)c2ccc3ccccc3c2)cc1. The summed E-state index contributed by atoms with van der Waals surface area (Å²) in [6.07, 6.45) is 0. The first-order valence-corrected chi connectivity index (χ1v) is 47.2. The summed E-state index contributed by atoms with van der Waals surface area (Å²) in [5.74, 6) is 0. The van der Waals surface area contributed by atoms with E-state index in [-0.39, 0.29) is 102 Å². The topological polar surface area (TPSA) is 16.6 Å². The van der Waals surface area contributed by atoms with Crippen molar-refractivity contribution < 1.29 is 35.6 Å². The third kappa shape index (κ3) is 29.5. The number of benzene rings is 16. The van der Waals surface area contributed by atoms with Gasteiger partial charge in [0.15, 0.2) is 0 Å². The molecule has 16 aromatic rings. The van der Waals surface area contributed by atoms with Crippen LogP contribution in [0, 0.1) is 59.4 Å². The van der Waals surface area contributed by atoms with E-state index in [4.69, 9.17) is 38.8 Å². The molecule has 0 unspecified atom stereocenters. The van der Waals surface area contributed by atoms with Gasteiger partial charge in [-0.2, -0.15) is 0 Å². The number of nitrogens with two attached hydrogens (primary N) is 1. The second kappa shape index (κ2) is 56.2. The van der Waals surface area contributed by atoms with Gasteiger partial charge in [-0.1, -0.05) is 388 Å². The molecule has 0 amide bonds. The predicted molar refractivity (Wildman–Crippen MR) is 505 cm³/mol. The fourth-order valence-corrected chi connectivity index (χ4v) is 21.0. The van der Waals surface area contributed by atoms with Gasteiger partial charge in [0.05, 0.1) is 14.1 Å². The van der Waals surface area contributed by atoms with E-state index < -0.39 is 31.7 Å². The van der Waals surface area contributed by atoms with Crippen molar-refractivity contribution >= 4 is 190 Å². The summed E-state index contributed by atoms with van der Waals surface area (Å²) in [6.45, 7) is 0. The van der Waals surface area contributed by atoms with Crippen LogP contribution in [-0.2, 0) is 30.3 Å². The summed E-state index contributed by atoms with van der Waals surface area (Å²) < 4.78 is 0. The van der Waals surface area contributed by atoms with Crippen molar-refractivity contribution in [3.05, 3.63) is 472 Å². The first-order chi connectivity index (χ1) is 49.9. The second-order valence-corrected chi connectivity index (χ2v) is 37.0. The summed E-state index contributed by atoms with van der Waals surface area (Å²) in [5, 5.41) is 29.2. The Morgan fingerprint density at radius 3 is 0.409 bits per heavy atom. The molecule has 0 fully saturated rings. The predicted octanol–water partition coefficient (Wildman–Crippen LogP) is 24.2. The number of halogens is 5. The fourth-order valence-electron chi connectivity index (χ4n) is 11.7. The average Bonchev–Trinajstić information content (AvgIpc) is 0.817. The van der Waals surface area contributed by atoms with Crippen molar-refractivity contribution in [2.45, 2.75) is 0 Å². The van der Waals surface area contributed by atoms with E-state index in [0.717, 1.165) is 0 Å². The van der Waals surface area contributed by atoms with Crippen molar-refractivity contribution in [1.29, 1.82) is 0 Å². The van der Waals surface area contributed by atoms with Gasteiger partial charge < -0.3 is 64.7 Å². The molecular formula is C98H100Cl5NP4Ru2-7. The van der Waals surface area contributed by atoms with Crippen LogP contribution in [0.3, 0.4) is 0 Å². The van der Waals surface area contributed by atoms with Crippen LogP contribution in [0.5, 0.6) is 0 Å². The number of rotatable bonds is 12. The van der Waals surface area contributed by atoms with Crippen LogP contribution in [0.1, 0.15) is 0 Å². The summed E-state index contributed by atoms with van der Waals surface area (Å²) in [4.78, 5) is 0. The van der Waals surface area contributed by atoms with Gasteiger partial charge in [-0.25, -0.2) is 0 Å². The Balaban J connectivity index is 0.000000688. The number of quaternary nitrogens is 1. The standard InChI is InChI=1S/4C22H17P.C2H7N.8CH3.4ClH.Cl.2Ru/c4*1-3-11-20(12-4-1)23(21-13-5-2-6-14-21)22-16-15-18-9-7-8-10-19(18)17-22;1-3-2;;;;;;;;;;;;;;;/h4*1-17H;3H,1-2H3;8*1H3;4*1H;;;/q;;;;;8*-1;;;;;;2*+2/p-3. The molecule has 1 radical (unpaired) electrons. The summed E-state index contributed by atoms with van der Waals surface area (Å²) in [7, 11) is 21.3. The molecule has 0 aromatic heterocycles. The van der Waals surface area contributed by atoms with E-state index in [2.05, 4.69) is 413 Å². The van der Waals surface area contributed by atoms with Gasteiger partial charge in [-0.05, 0) is 163 Å². The molecule has 0 atom stereocenters. The zero-order valence-electron chi connectivity index (χ0n) is 64.2. The minimum absolute atomic E-state index is 0. The Morgan fingerprint density at radius 1 is 0.173 bits per heavy atom. The molecule has 0 saturated heterocycles. The zero-order valence-corrected chi connectivity index (χ0v) is 75.1. The Morgan fingerprint density at radius 2 is 0.282 bits per heavy atom. The van der Waals surface area contributed by atoms with Gasteiger partial charge in [-0.3, -0.25) is 0 Å². The normalized spacial score (nSPS) is 9.76. The first-order valence-electron chi connectivity index (χ1n) is 32.9. The van der Waals surface area contributed by atoms with E-state index in [9.17, 15) is 0 Å². The molecule has 575 valence electrons. The Labute approximate surface area is 704 Å². The number of hydrogen-bond donors (Lipinski definition) is 1. The average molecular weight is 1800 g/mol. The molecule has 0 spiro atoms. The van der Waals surface area contributed by atoms with Crippen LogP contribution >= 0.6 is 82.9 Å².